The van der Waals surface area contributed by atoms with Crippen molar-refractivity contribution in [1.82, 2.24) is 4.90 Å². The van der Waals surface area contributed by atoms with Crippen LogP contribution >= 0.6 is 22.6 Å². The van der Waals surface area contributed by atoms with Gasteiger partial charge < -0.3 is 0 Å². The van der Waals surface area contributed by atoms with E-state index < -0.39 is 0 Å². The van der Waals surface area contributed by atoms with Crippen molar-refractivity contribution in [3.63, 3.8) is 0 Å². The lowest BCUT2D eigenvalue weighted by molar-refractivity contribution is 0.213. The summed E-state index contributed by atoms with van der Waals surface area (Å²) in [5.41, 5.74) is 1.41. The standard InChI is InChI=1S/C13H20IN/c1-4-9-15(11(2)3)10-12-5-7-13(14)8-6-12/h5-8,11H,4,9-10H2,1-3H3. The number of hydrogen-bond donors (Lipinski definition) is 0. The van der Waals surface area contributed by atoms with Gasteiger partial charge in [0.2, 0.25) is 0 Å². The van der Waals surface area contributed by atoms with Gasteiger partial charge in [-0.1, -0.05) is 19.1 Å². The second kappa shape index (κ2) is 6.48. The van der Waals surface area contributed by atoms with Crippen molar-refractivity contribution in [2.45, 2.75) is 39.8 Å². The zero-order valence-corrected chi connectivity index (χ0v) is 12.0. The fraction of sp³-hybridized carbons (Fsp3) is 0.538. The van der Waals surface area contributed by atoms with Gasteiger partial charge in [-0.2, -0.15) is 0 Å². The highest BCUT2D eigenvalue weighted by atomic mass is 127. The maximum Gasteiger partial charge on any atom is 0.0236 e. The molecule has 0 spiro atoms. The summed E-state index contributed by atoms with van der Waals surface area (Å²) in [6.45, 7) is 9.03. The Morgan fingerprint density at radius 2 is 1.80 bits per heavy atom. The normalized spacial score (nSPS) is 11.3. The lowest BCUT2D eigenvalue weighted by Crippen LogP contribution is -2.30. The lowest BCUT2D eigenvalue weighted by Gasteiger charge is -2.25. The molecule has 0 heterocycles. The molecule has 0 fully saturated rings. The van der Waals surface area contributed by atoms with Gasteiger partial charge in [0.25, 0.3) is 0 Å². The Bertz CT molecular complexity index is 279. The minimum absolute atomic E-state index is 0.629. The first-order valence-corrected chi connectivity index (χ1v) is 6.70. The number of benzene rings is 1. The molecule has 0 aliphatic heterocycles. The summed E-state index contributed by atoms with van der Waals surface area (Å²) in [5.74, 6) is 0. The maximum absolute atomic E-state index is 2.52. The second-order valence-electron chi connectivity index (χ2n) is 4.19. The van der Waals surface area contributed by atoms with Crippen LogP contribution in [0.3, 0.4) is 0 Å². The maximum atomic E-state index is 2.52. The SMILES string of the molecule is CCCN(Cc1ccc(I)cc1)C(C)C. The molecule has 84 valence electrons. The molecule has 0 bridgehead atoms. The van der Waals surface area contributed by atoms with Gasteiger partial charge >= 0.3 is 0 Å². The summed E-state index contributed by atoms with van der Waals surface area (Å²) < 4.78 is 1.31. The Hall–Kier alpha value is -0.0900. The van der Waals surface area contributed by atoms with Crippen molar-refractivity contribution in [2.24, 2.45) is 0 Å². The van der Waals surface area contributed by atoms with Gasteiger partial charge in [-0.05, 0) is 67.1 Å². The fourth-order valence-corrected chi connectivity index (χ4v) is 1.99. The molecule has 0 saturated carbocycles. The van der Waals surface area contributed by atoms with Crippen LogP contribution < -0.4 is 0 Å². The Morgan fingerprint density at radius 3 is 2.27 bits per heavy atom. The molecule has 0 saturated heterocycles. The van der Waals surface area contributed by atoms with Gasteiger partial charge in [-0.3, -0.25) is 4.90 Å². The van der Waals surface area contributed by atoms with Crippen LogP contribution in [0.15, 0.2) is 24.3 Å². The molecule has 0 atom stereocenters. The molecule has 0 radical (unpaired) electrons. The monoisotopic (exact) mass is 317 g/mol. The summed E-state index contributed by atoms with van der Waals surface area (Å²) in [6, 6.07) is 9.45. The van der Waals surface area contributed by atoms with Crippen LogP contribution in [0.5, 0.6) is 0 Å². The van der Waals surface area contributed by atoms with E-state index in [1.165, 1.54) is 22.1 Å². The predicted octanol–water partition coefficient (Wildman–Crippen LogP) is 3.91. The summed E-state index contributed by atoms with van der Waals surface area (Å²) in [4.78, 5) is 2.52. The van der Waals surface area contributed by atoms with Crippen LogP contribution in [-0.2, 0) is 6.54 Å². The zero-order valence-electron chi connectivity index (χ0n) is 9.83. The molecule has 0 amide bonds. The molecule has 1 aromatic carbocycles. The average Bonchev–Trinajstić information content (AvgIpc) is 2.20. The average molecular weight is 317 g/mol. The van der Waals surface area contributed by atoms with E-state index in [1.807, 2.05) is 0 Å². The van der Waals surface area contributed by atoms with E-state index in [2.05, 4.69) is 72.5 Å². The van der Waals surface area contributed by atoms with Crippen molar-refractivity contribution in [3.8, 4) is 0 Å². The van der Waals surface area contributed by atoms with Gasteiger partial charge in [0.05, 0.1) is 0 Å². The van der Waals surface area contributed by atoms with Gasteiger partial charge in [0, 0.05) is 16.2 Å². The summed E-state index contributed by atoms with van der Waals surface area (Å²) in [5, 5.41) is 0. The quantitative estimate of drug-likeness (QED) is 0.744. The number of nitrogens with zero attached hydrogens (tertiary/aromatic N) is 1. The summed E-state index contributed by atoms with van der Waals surface area (Å²) >= 11 is 2.35. The van der Waals surface area contributed by atoms with Crippen molar-refractivity contribution >= 4 is 22.6 Å². The number of rotatable bonds is 5. The summed E-state index contributed by atoms with van der Waals surface area (Å²) in [6.07, 6.45) is 1.22. The van der Waals surface area contributed by atoms with Crippen molar-refractivity contribution in [1.29, 1.82) is 0 Å². The van der Waals surface area contributed by atoms with Crippen LogP contribution in [0.4, 0.5) is 0 Å². The van der Waals surface area contributed by atoms with E-state index in [0.29, 0.717) is 6.04 Å². The lowest BCUT2D eigenvalue weighted by atomic mass is 10.2. The van der Waals surface area contributed by atoms with E-state index in [9.17, 15) is 0 Å². The largest absolute Gasteiger partial charge is 0.297 e. The minimum atomic E-state index is 0.629. The van der Waals surface area contributed by atoms with E-state index in [1.54, 1.807) is 0 Å². The van der Waals surface area contributed by atoms with E-state index in [4.69, 9.17) is 0 Å². The van der Waals surface area contributed by atoms with Crippen molar-refractivity contribution in [3.05, 3.63) is 33.4 Å². The molecule has 0 unspecified atom stereocenters. The van der Waals surface area contributed by atoms with Crippen LogP contribution in [-0.4, -0.2) is 17.5 Å². The molecule has 0 aliphatic carbocycles. The molecule has 1 nitrogen and oxygen atoms in total. The van der Waals surface area contributed by atoms with Gasteiger partial charge in [0.15, 0.2) is 0 Å². The molecule has 1 aromatic rings. The molecular weight excluding hydrogens is 297 g/mol. The molecule has 2 heteroatoms. The Kier molecular flexibility index (Phi) is 5.61. The molecular formula is C13H20IN. The van der Waals surface area contributed by atoms with Crippen LogP contribution in [0.25, 0.3) is 0 Å². The van der Waals surface area contributed by atoms with Crippen molar-refractivity contribution < 1.29 is 0 Å². The molecule has 0 N–H and O–H groups in total. The third-order valence-electron chi connectivity index (χ3n) is 2.54. The van der Waals surface area contributed by atoms with Gasteiger partial charge in [-0.15, -0.1) is 0 Å². The van der Waals surface area contributed by atoms with E-state index >= 15 is 0 Å². The Labute approximate surface area is 107 Å². The molecule has 0 aromatic heterocycles. The highest BCUT2D eigenvalue weighted by Crippen LogP contribution is 2.11. The third kappa shape index (κ3) is 4.51. The Morgan fingerprint density at radius 1 is 1.20 bits per heavy atom. The smallest absolute Gasteiger partial charge is 0.0236 e. The Balaban J connectivity index is 2.61. The molecule has 1 rings (SSSR count). The first-order valence-electron chi connectivity index (χ1n) is 5.62. The predicted molar refractivity (Wildman–Crippen MR) is 75.0 cm³/mol. The topological polar surface area (TPSA) is 3.24 Å². The highest BCUT2D eigenvalue weighted by Gasteiger charge is 2.08. The molecule has 0 aliphatic rings. The third-order valence-corrected chi connectivity index (χ3v) is 3.26. The molecule has 15 heavy (non-hydrogen) atoms. The van der Waals surface area contributed by atoms with Gasteiger partial charge in [0.1, 0.15) is 0 Å². The summed E-state index contributed by atoms with van der Waals surface area (Å²) in [7, 11) is 0. The van der Waals surface area contributed by atoms with E-state index in [0.717, 1.165) is 6.54 Å². The van der Waals surface area contributed by atoms with E-state index in [-0.39, 0.29) is 0 Å². The van der Waals surface area contributed by atoms with Crippen molar-refractivity contribution in [2.75, 3.05) is 6.54 Å². The van der Waals surface area contributed by atoms with Crippen LogP contribution in [0, 0.1) is 3.57 Å². The number of halogens is 1. The fourth-order valence-electron chi connectivity index (χ4n) is 1.63. The van der Waals surface area contributed by atoms with Gasteiger partial charge in [-0.25, -0.2) is 0 Å². The first kappa shape index (κ1) is 13.0. The highest BCUT2D eigenvalue weighted by molar-refractivity contribution is 14.1. The zero-order chi connectivity index (χ0) is 11.3. The second-order valence-corrected chi connectivity index (χ2v) is 5.44. The van der Waals surface area contributed by atoms with Crippen LogP contribution in [0.2, 0.25) is 0 Å². The number of hydrogen-bond acceptors (Lipinski definition) is 1. The minimum Gasteiger partial charge on any atom is -0.297 e. The van der Waals surface area contributed by atoms with Crippen LogP contribution in [0.1, 0.15) is 32.8 Å². The first-order chi connectivity index (χ1) is 7.13.